The fourth-order valence-corrected chi connectivity index (χ4v) is 2.24. The average Bonchev–Trinajstić information content (AvgIpc) is 3.00. The van der Waals surface area contributed by atoms with Gasteiger partial charge >= 0.3 is 5.97 Å². The number of hydrogen-bond acceptors (Lipinski definition) is 3. The first-order valence-corrected chi connectivity index (χ1v) is 6.53. The predicted octanol–water partition coefficient (Wildman–Crippen LogP) is 1.37. The van der Waals surface area contributed by atoms with Crippen molar-refractivity contribution in [2.24, 2.45) is 0 Å². The van der Waals surface area contributed by atoms with Gasteiger partial charge in [0.05, 0.1) is 17.5 Å². The third-order valence-corrected chi connectivity index (χ3v) is 3.40. The highest BCUT2D eigenvalue weighted by Crippen LogP contribution is 2.13. The molecule has 0 aliphatic heterocycles. The van der Waals surface area contributed by atoms with Crippen molar-refractivity contribution < 1.29 is 9.90 Å². The lowest BCUT2D eigenvalue weighted by molar-refractivity contribution is -0.136. The fourth-order valence-electron chi connectivity index (χ4n) is 2.24. The Kier molecular flexibility index (Phi) is 3.09. The molecule has 1 aromatic carbocycles. The van der Waals surface area contributed by atoms with Gasteiger partial charge < -0.3 is 10.1 Å². The fraction of sp³-hybridized carbons (Fsp3) is 0.214. The third kappa shape index (κ3) is 2.33. The molecule has 2 aromatic heterocycles. The number of para-hydroxylation sites is 2. The molecule has 0 saturated carbocycles. The van der Waals surface area contributed by atoms with Gasteiger partial charge in [0.2, 0.25) is 5.95 Å². The maximum absolute atomic E-state index is 12.2. The van der Waals surface area contributed by atoms with Crippen molar-refractivity contribution in [3.63, 3.8) is 0 Å². The van der Waals surface area contributed by atoms with Crippen molar-refractivity contribution in [3.8, 4) is 5.95 Å². The summed E-state index contributed by atoms with van der Waals surface area (Å²) in [4.78, 5) is 30.3. The number of carboxylic acids is 1. The second-order valence-corrected chi connectivity index (χ2v) is 4.83. The number of fused-ring (bicyclic) bond motifs is 1. The van der Waals surface area contributed by atoms with Crippen molar-refractivity contribution in [3.05, 3.63) is 45.9 Å². The standard InChI is InChI=1S/C14H14N4O3/c1-8-9(6-7-12(19)20)17-18(13(8)21)14-15-10-4-2-3-5-11(10)16-14/h2-5,17H,6-7H2,1H3,(H,15,16)(H,19,20). The van der Waals surface area contributed by atoms with Gasteiger partial charge in [-0.2, -0.15) is 4.68 Å². The van der Waals surface area contributed by atoms with Crippen LogP contribution in [0.4, 0.5) is 0 Å². The number of rotatable bonds is 4. The average molecular weight is 286 g/mol. The van der Waals surface area contributed by atoms with Crippen molar-refractivity contribution in [1.29, 1.82) is 0 Å². The Morgan fingerprint density at radius 3 is 2.86 bits per heavy atom. The number of H-pyrrole nitrogens is 2. The molecule has 3 aromatic rings. The van der Waals surface area contributed by atoms with E-state index in [-0.39, 0.29) is 18.4 Å². The molecule has 0 bridgehead atoms. The van der Waals surface area contributed by atoms with Crippen LogP contribution in [0.3, 0.4) is 0 Å². The molecule has 0 spiro atoms. The molecule has 0 saturated heterocycles. The number of carboxylic acid groups (broad SMARTS) is 1. The molecule has 0 amide bonds. The molecule has 2 heterocycles. The van der Waals surface area contributed by atoms with Crippen LogP contribution in [0.15, 0.2) is 29.1 Å². The molecule has 0 fully saturated rings. The van der Waals surface area contributed by atoms with Crippen LogP contribution in [0.1, 0.15) is 17.7 Å². The molecule has 0 atom stereocenters. The number of benzene rings is 1. The van der Waals surface area contributed by atoms with Gasteiger partial charge in [-0.05, 0) is 25.5 Å². The minimum atomic E-state index is -0.897. The maximum Gasteiger partial charge on any atom is 0.303 e. The normalized spacial score (nSPS) is 11.1. The van der Waals surface area contributed by atoms with Crippen LogP contribution in [-0.2, 0) is 11.2 Å². The first-order chi connectivity index (χ1) is 10.1. The number of carbonyl (C=O) groups is 1. The van der Waals surface area contributed by atoms with E-state index in [1.54, 1.807) is 6.92 Å². The van der Waals surface area contributed by atoms with Gasteiger partial charge in [-0.25, -0.2) is 4.98 Å². The minimum absolute atomic E-state index is 0.0269. The summed E-state index contributed by atoms with van der Waals surface area (Å²) in [6.07, 6.45) is 0.255. The molecule has 108 valence electrons. The van der Waals surface area contributed by atoms with E-state index in [1.807, 2.05) is 24.3 Å². The number of nitrogens with zero attached hydrogens (tertiary/aromatic N) is 2. The van der Waals surface area contributed by atoms with Crippen LogP contribution < -0.4 is 5.56 Å². The Balaban J connectivity index is 2.04. The van der Waals surface area contributed by atoms with E-state index in [0.717, 1.165) is 11.0 Å². The van der Waals surface area contributed by atoms with Gasteiger partial charge in [0, 0.05) is 11.3 Å². The van der Waals surface area contributed by atoms with Crippen molar-refractivity contribution >= 4 is 17.0 Å². The number of aromatic nitrogens is 4. The van der Waals surface area contributed by atoms with Crippen molar-refractivity contribution in [2.75, 3.05) is 0 Å². The topological polar surface area (TPSA) is 104 Å². The van der Waals surface area contributed by atoms with E-state index >= 15 is 0 Å². The highest BCUT2D eigenvalue weighted by atomic mass is 16.4. The number of aromatic amines is 2. The lowest BCUT2D eigenvalue weighted by atomic mass is 10.2. The SMILES string of the molecule is Cc1c(CCC(=O)O)[nH]n(-c2nc3ccccc3[nH]2)c1=O. The molecule has 0 aliphatic carbocycles. The molecule has 7 heteroatoms. The molecule has 0 unspecified atom stereocenters. The maximum atomic E-state index is 12.2. The summed E-state index contributed by atoms with van der Waals surface area (Å²) >= 11 is 0. The first kappa shape index (κ1) is 13.2. The van der Waals surface area contributed by atoms with Crippen LogP contribution in [0.25, 0.3) is 17.0 Å². The summed E-state index contributed by atoms with van der Waals surface area (Å²) in [5.74, 6) is -0.502. The summed E-state index contributed by atoms with van der Waals surface area (Å²) < 4.78 is 1.31. The molecule has 21 heavy (non-hydrogen) atoms. The van der Waals surface area contributed by atoms with E-state index in [4.69, 9.17) is 5.11 Å². The van der Waals surface area contributed by atoms with E-state index in [9.17, 15) is 9.59 Å². The van der Waals surface area contributed by atoms with E-state index in [2.05, 4.69) is 15.1 Å². The Hall–Kier alpha value is -2.83. The lowest BCUT2D eigenvalue weighted by Crippen LogP contribution is -2.16. The van der Waals surface area contributed by atoms with E-state index in [0.29, 0.717) is 17.2 Å². The van der Waals surface area contributed by atoms with Gasteiger partial charge in [-0.3, -0.25) is 14.7 Å². The highest BCUT2D eigenvalue weighted by molar-refractivity contribution is 5.75. The van der Waals surface area contributed by atoms with Crippen LogP contribution >= 0.6 is 0 Å². The minimum Gasteiger partial charge on any atom is -0.481 e. The summed E-state index contributed by atoms with van der Waals surface area (Å²) in [5.41, 5.74) is 2.49. The zero-order valence-electron chi connectivity index (χ0n) is 11.4. The molecule has 3 N–H and O–H groups in total. The van der Waals surface area contributed by atoms with Crippen molar-refractivity contribution in [1.82, 2.24) is 19.7 Å². The molecule has 3 rings (SSSR count). The van der Waals surface area contributed by atoms with Gasteiger partial charge in [-0.1, -0.05) is 12.1 Å². The Bertz CT molecular complexity index is 839. The summed E-state index contributed by atoms with van der Waals surface area (Å²) in [6.45, 7) is 1.68. The van der Waals surface area contributed by atoms with Gasteiger partial charge in [0.25, 0.3) is 5.56 Å². The smallest absolute Gasteiger partial charge is 0.303 e. The molecular formula is C14H14N4O3. The molecule has 0 aliphatic rings. The number of hydrogen-bond donors (Lipinski definition) is 3. The van der Waals surface area contributed by atoms with Gasteiger partial charge in [-0.15, -0.1) is 0 Å². The lowest BCUT2D eigenvalue weighted by Gasteiger charge is -1.96. The molecule has 0 radical (unpaired) electrons. The molecular weight excluding hydrogens is 272 g/mol. The first-order valence-electron chi connectivity index (χ1n) is 6.53. The highest BCUT2D eigenvalue weighted by Gasteiger charge is 2.14. The zero-order valence-corrected chi connectivity index (χ0v) is 11.4. The largest absolute Gasteiger partial charge is 0.481 e. The Morgan fingerprint density at radius 2 is 2.14 bits per heavy atom. The summed E-state index contributed by atoms with van der Waals surface area (Å²) in [7, 11) is 0. The van der Waals surface area contributed by atoms with Crippen molar-refractivity contribution in [2.45, 2.75) is 19.8 Å². The van der Waals surface area contributed by atoms with Gasteiger partial charge in [0.15, 0.2) is 0 Å². The van der Waals surface area contributed by atoms with E-state index < -0.39 is 5.97 Å². The zero-order chi connectivity index (χ0) is 15.0. The van der Waals surface area contributed by atoms with Crippen LogP contribution in [0.5, 0.6) is 0 Å². The molecule has 7 nitrogen and oxygen atoms in total. The summed E-state index contributed by atoms with van der Waals surface area (Å²) in [5, 5.41) is 11.7. The quantitative estimate of drug-likeness (QED) is 0.673. The Morgan fingerprint density at radius 1 is 1.38 bits per heavy atom. The monoisotopic (exact) mass is 286 g/mol. The van der Waals surface area contributed by atoms with Gasteiger partial charge in [0.1, 0.15) is 0 Å². The number of nitrogens with one attached hydrogen (secondary N) is 2. The number of imidazole rings is 1. The van der Waals surface area contributed by atoms with E-state index in [1.165, 1.54) is 4.68 Å². The third-order valence-electron chi connectivity index (χ3n) is 3.40. The van der Waals surface area contributed by atoms with Crippen LogP contribution in [-0.4, -0.2) is 30.8 Å². The summed E-state index contributed by atoms with van der Waals surface area (Å²) in [6, 6.07) is 7.47. The van der Waals surface area contributed by atoms with Crippen LogP contribution in [0, 0.1) is 6.92 Å². The van der Waals surface area contributed by atoms with Crippen LogP contribution in [0.2, 0.25) is 0 Å². The predicted molar refractivity (Wildman–Crippen MR) is 76.7 cm³/mol. The second kappa shape index (κ2) is 4.93. The Labute approximate surface area is 119 Å². The number of aryl methyl sites for hydroxylation is 1. The second-order valence-electron chi connectivity index (χ2n) is 4.83. The number of aliphatic carboxylic acids is 1.